The molecule has 0 aliphatic carbocycles. The molecular weight excluding hydrogens is 272 g/mol. The van der Waals surface area contributed by atoms with Crippen LogP contribution in [-0.4, -0.2) is 31.0 Å². The molecule has 0 aliphatic heterocycles. The van der Waals surface area contributed by atoms with Gasteiger partial charge in [0.2, 0.25) is 5.89 Å². The van der Waals surface area contributed by atoms with Gasteiger partial charge < -0.3 is 24.5 Å². The third-order valence-corrected chi connectivity index (χ3v) is 2.88. The predicted octanol–water partition coefficient (Wildman–Crippen LogP) is 1.81. The number of nitrogens with one attached hydrogen (secondary N) is 2. The summed E-state index contributed by atoms with van der Waals surface area (Å²) in [5, 5.41) is 14.1. The summed E-state index contributed by atoms with van der Waals surface area (Å²) in [5.74, 6) is 1.95. The van der Waals surface area contributed by atoms with Gasteiger partial charge in [-0.05, 0) is 24.2 Å². The summed E-state index contributed by atoms with van der Waals surface area (Å²) >= 11 is 0. The minimum absolute atomic E-state index is 0.401. The summed E-state index contributed by atoms with van der Waals surface area (Å²) in [6.07, 6.45) is 0. The van der Waals surface area contributed by atoms with Crippen LogP contribution in [0.4, 0.5) is 6.01 Å². The van der Waals surface area contributed by atoms with Gasteiger partial charge in [0.1, 0.15) is 0 Å². The maximum atomic E-state index is 5.46. The number of benzene rings is 1. The highest BCUT2D eigenvalue weighted by molar-refractivity contribution is 5.43. The van der Waals surface area contributed by atoms with Crippen molar-refractivity contribution in [3.8, 4) is 11.5 Å². The molecule has 1 aromatic carbocycles. The topological polar surface area (TPSA) is 81.4 Å². The number of hydrogen-bond acceptors (Lipinski definition) is 7. The third-order valence-electron chi connectivity index (χ3n) is 2.88. The van der Waals surface area contributed by atoms with Gasteiger partial charge in [-0.15, -0.1) is 5.10 Å². The van der Waals surface area contributed by atoms with Crippen molar-refractivity contribution in [2.45, 2.75) is 20.0 Å². The van der Waals surface area contributed by atoms with Gasteiger partial charge in [0.15, 0.2) is 11.5 Å². The zero-order chi connectivity index (χ0) is 15.1. The van der Waals surface area contributed by atoms with E-state index in [0.29, 0.717) is 36.5 Å². The van der Waals surface area contributed by atoms with Crippen LogP contribution >= 0.6 is 0 Å². The zero-order valence-electron chi connectivity index (χ0n) is 12.5. The molecular formula is C14H20N4O3. The molecule has 7 nitrogen and oxygen atoms in total. The van der Waals surface area contributed by atoms with Crippen LogP contribution in [0.2, 0.25) is 0 Å². The SMILES string of the molecule is CCNCc1nnc(NCc2ccc(OC)c(OC)c2)o1. The Morgan fingerprint density at radius 2 is 1.90 bits per heavy atom. The predicted molar refractivity (Wildman–Crippen MR) is 78.6 cm³/mol. The molecule has 0 amide bonds. The minimum atomic E-state index is 0.401. The fraction of sp³-hybridized carbons (Fsp3) is 0.429. The largest absolute Gasteiger partial charge is 0.493 e. The Morgan fingerprint density at radius 1 is 1.10 bits per heavy atom. The third kappa shape index (κ3) is 4.09. The molecule has 0 saturated carbocycles. The summed E-state index contributed by atoms with van der Waals surface area (Å²) in [4.78, 5) is 0. The Labute approximate surface area is 123 Å². The van der Waals surface area contributed by atoms with E-state index in [1.54, 1.807) is 14.2 Å². The maximum absolute atomic E-state index is 5.46. The normalized spacial score (nSPS) is 10.4. The van der Waals surface area contributed by atoms with Crippen molar-refractivity contribution in [1.29, 1.82) is 0 Å². The summed E-state index contributed by atoms with van der Waals surface area (Å²) < 4.78 is 15.9. The fourth-order valence-corrected chi connectivity index (χ4v) is 1.80. The first-order valence-electron chi connectivity index (χ1n) is 6.74. The molecule has 114 valence electrons. The van der Waals surface area contributed by atoms with Gasteiger partial charge in [-0.3, -0.25) is 0 Å². The number of rotatable bonds is 8. The second kappa shape index (κ2) is 7.49. The van der Waals surface area contributed by atoms with Crippen LogP contribution in [0.15, 0.2) is 22.6 Å². The van der Waals surface area contributed by atoms with Gasteiger partial charge >= 0.3 is 6.01 Å². The first kappa shape index (κ1) is 15.1. The Hall–Kier alpha value is -2.28. The van der Waals surface area contributed by atoms with Crippen LogP contribution < -0.4 is 20.1 Å². The maximum Gasteiger partial charge on any atom is 0.315 e. The van der Waals surface area contributed by atoms with Crippen molar-refractivity contribution in [1.82, 2.24) is 15.5 Å². The lowest BCUT2D eigenvalue weighted by Crippen LogP contribution is -2.11. The number of nitrogens with zero attached hydrogens (tertiary/aromatic N) is 2. The molecule has 0 spiro atoms. The number of hydrogen-bond donors (Lipinski definition) is 2. The van der Waals surface area contributed by atoms with Crippen LogP contribution in [0.3, 0.4) is 0 Å². The highest BCUT2D eigenvalue weighted by Crippen LogP contribution is 2.27. The molecule has 0 unspecified atom stereocenters. The smallest absolute Gasteiger partial charge is 0.315 e. The molecule has 2 rings (SSSR count). The lowest BCUT2D eigenvalue weighted by molar-refractivity contribution is 0.354. The molecule has 0 atom stereocenters. The summed E-state index contributed by atoms with van der Waals surface area (Å²) in [7, 11) is 3.22. The lowest BCUT2D eigenvalue weighted by Gasteiger charge is -2.09. The molecule has 0 aliphatic rings. The molecule has 0 bridgehead atoms. The van der Waals surface area contributed by atoms with Crippen LogP contribution in [-0.2, 0) is 13.1 Å². The van der Waals surface area contributed by atoms with E-state index in [4.69, 9.17) is 13.9 Å². The van der Waals surface area contributed by atoms with Crippen molar-refractivity contribution < 1.29 is 13.9 Å². The van der Waals surface area contributed by atoms with Crippen molar-refractivity contribution >= 4 is 6.01 Å². The Kier molecular flexibility index (Phi) is 5.39. The van der Waals surface area contributed by atoms with Crippen LogP contribution in [0.1, 0.15) is 18.4 Å². The van der Waals surface area contributed by atoms with Crippen LogP contribution in [0, 0.1) is 0 Å². The van der Waals surface area contributed by atoms with E-state index in [0.717, 1.165) is 12.1 Å². The Bertz CT molecular complexity index is 571. The van der Waals surface area contributed by atoms with Gasteiger partial charge in [-0.25, -0.2) is 0 Å². The molecule has 0 fully saturated rings. The van der Waals surface area contributed by atoms with E-state index in [9.17, 15) is 0 Å². The van der Waals surface area contributed by atoms with E-state index in [1.165, 1.54) is 0 Å². The second-order valence-corrected chi connectivity index (χ2v) is 4.32. The first-order chi connectivity index (χ1) is 10.3. The van der Waals surface area contributed by atoms with E-state index < -0.39 is 0 Å². The molecule has 2 N–H and O–H groups in total. The van der Waals surface area contributed by atoms with E-state index in [-0.39, 0.29) is 0 Å². The number of ether oxygens (including phenoxy) is 2. The molecule has 1 heterocycles. The van der Waals surface area contributed by atoms with Crippen LogP contribution in [0.5, 0.6) is 11.5 Å². The zero-order valence-corrected chi connectivity index (χ0v) is 12.5. The van der Waals surface area contributed by atoms with Gasteiger partial charge in [-0.2, -0.15) is 0 Å². The average Bonchev–Trinajstić information content (AvgIpc) is 2.98. The molecule has 7 heteroatoms. The van der Waals surface area contributed by atoms with Gasteiger partial charge in [0.05, 0.1) is 20.8 Å². The lowest BCUT2D eigenvalue weighted by atomic mass is 10.2. The van der Waals surface area contributed by atoms with Crippen molar-refractivity contribution in [3.63, 3.8) is 0 Å². The summed E-state index contributed by atoms with van der Waals surface area (Å²) in [6.45, 7) is 4.01. The molecule has 2 aromatic rings. The molecule has 0 saturated heterocycles. The fourth-order valence-electron chi connectivity index (χ4n) is 1.80. The molecule has 1 aromatic heterocycles. The Balaban J connectivity index is 1.94. The van der Waals surface area contributed by atoms with E-state index >= 15 is 0 Å². The number of methoxy groups -OCH3 is 2. The first-order valence-corrected chi connectivity index (χ1v) is 6.74. The van der Waals surface area contributed by atoms with Gasteiger partial charge in [0, 0.05) is 6.54 Å². The highest BCUT2D eigenvalue weighted by atomic mass is 16.5. The molecule has 0 radical (unpaired) electrons. The van der Waals surface area contributed by atoms with E-state index in [1.807, 2.05) is 25.1 Å². The highest BCUT2D eigenvalue weighted by Gasteiger charge is 2.07. The average molecular weight is 292 g/mol. The van der Waals surface area contributed by atoms with Gasteiger partial charge in [0.25, 0.3) is 0 Å². The monoisotopic (exact) mass is 292 g/mol. The standard InChI is InChI=1S/C14H20N4O3/c1-4-15-9-13-17-18-14(21-13)16-8-10-5-6-11(19-2)12(7-10)20-3/h5-7,15H,4,8-9H2,1-3H3,(H,16,18). The summed E-state index contributed by atoms with van der Waals surface area (Å²) in [6, 6.07) is 6.12. The number of anilines is 1. The second-order valence-electron chi connectivity index (χ2n) is 4.32. The van der Waals surface area contributed by atoms with Gasteiger partial charge in [-0.1, -0.05) is 18.1 Å². The van der Waals surface area contributed by atoms with Crippen molar-refractivity contribution in [2.75, 3.05) is 26.1 Å². The van der Waals surface area contributed by atoms with Crippen molar-refractivity contribution in [2.24, 2.45) is 0 Å². The number of aromatic nitrogens is 2. The molecule has 21 heavy (non-hydrogen) atoms. The summed E-state index contributed by atoms with van der Waals surface area (Å²) in [5.41, 5.74) is 1.03. The Morgan fingerprint density at radius 3 is 2.62 bits per heavy atom. The minimum Gasteiger partial charge on any atom is -0.493 e. The van der Waals surface area contributed by atoms with Crippen LogP contribution in [0.25, 0.3) is 0 Å². The van der Waals surface area contributed by atoms with E-state index in [2.05, 4.69) is 20.8 Å². The van der Waals surface area contributed by atoms with Crippen molar-refractivity contribution in [3.05, 3.63) is 29.7 Å². The quantitative estimate of drug-likeness (QED) is 0.767.